The van der Waals surface area contributed by atoms with E-state index < -0.39 is 43.3 Å². The van der Waals surface area contributed by atoms with Crippen molar-refractivity contribution < 1.29 is 36.4 Å². The zero-order valence-corrected chi connectivity index (χ0v) is 17.7. The van der Waals surface area contributed by atoms with Crippen LogP contribution >= 0.6 is 0 Å². The second-order valence-corrected chi connectivity index (χ2v) is 7.54. The van der Waals surface area contributed by atoms with Crippen molar-refractivity contribution in [3.8, 4) is 22.4 Å². The van der Waals surface area contributed by atoms with Crippen molar-refractivity contribution in [3.63, 3.8) is 0 Å². The highest BCUT2D eigenvalue weighted by atomic mass is 19.4. The summed E-state index contributed by atoms with van der Waals surface area (Å²) in [6.07, 6.45) is -10.8. The van der Waals surface area contributed by atoms with Crippen LogP contribution in [0.1, 0.15) is 17.8 Å². The molecule has 4 rings (SSSR count). The fraction of sp³-hybridized carbons (Fsp3) is 0.238. The van der Waals surface area contributed by atoms with E-state index in [0.29, 0.717) is 16.3 Å². The Kier molecular flexibility index (Phi) is 6.00. The van der Waals surface area contributed by atoms with Gasteiger partial charge in [-0.2, -0.15) is 31.0 Å². The van der Waals surface area contributed by atoms with Crippen LogP contribution in [-0.2, 0) is 19.3 Å². The van der Waals surface area contributed by atoms with Crippen LogP contribution in [-0.4, -0.2) is 30.4 Å². The van der Waals surface area contributed by atoms with Crippen molar-refractivity contribution in [2.75, 3.05) is 5.73 Å². The van der Waals surface area contributed by atoms with Gasteiger partial charge in [0, 0.05) is 5.56 Å². The molecule has 0 spiro atoms. The molecule has 0 aliphatic heterocycles. The van der Waals surface area contributed by atoms with E-state index in [2.05, 4.69) is 15.1 Å². The third-order valence-electron chi connectivity index (χ3n) is 5.10. The van der Waals surface area contributed by atoms with Crippen LogP contribution in [0.2, 0.25) is 0 Å². The number of alkyl halides is 6. The molecule has 0 amide bonds. The number of H-pyrrole nitrogens is 1. The van der Waals surface area contributed by atoms with Gasteiger partial charge >= 0.3 is 24.0 Å². The van der Waals surface area contributed by atoms with E-state index in [9.17, 15) is 36.2 Å². The molecule has 3 aromatic heterocycles. The molecule has 3 heterocycles. The van der Waals surface area contributed by atoms with Crippen LogP contribution in [0.25, 0.3) is 28.0 Å². The van der Waals surface area contributed by atoms with Gasteiger partial charge in [0.25, 0.3) is 0 Å². The van der Waals surface area contributed by atoms with E-state index in [1.54, 1.807) is 30.3 Å². The molecule has 0 unspecified atom stereocenters. The summed E-state index contributed by atoms with van der Waals surface area (Å²) in [5, 5.41) is 13.5. The number of fused-ring (bicyclic) bond motifs is 1. The molecule has 4 N–H and O–H groups in total. The van der Waals surface area contributed by atoms with Gasteiger partial charge in [-0.05, 0) is 17.7 Å². The maximum atomic E-state index is 13.5. The number of anilines is 1. The number of nitrogens with one attached hydrogen (secondary N) is 1. The number of pyridine rings is 1. The lowest BCUT2D eigenvalue weighted by atomic mass is 9.99. The van der Waals surface area contributed by atoms with E-state index in [1.165, 1.54) is 6.07 Å². The predicted molar refractivity (Wildman–Crippen MR) is 111 cm³/mol. The van der Waals surface area contributed by atoms with Crippen molar-refractivity contribution in [2.45, 2.75) is 31.9 Å². The molecule has 4 aromatic rings. The monoisotopic (exact) mass is 499 g/mol. The molecule has 8 nitrogen and oxygen atoms in total. The summed E-state index contributed by atoms with van der Waals surface area (Å²) in [5.74, 6) is -0.293. The molecular formula is C21H17F6N6O2+. The molecule has 184 valence electrons. The number of aliphatic hydroxyl groups excluding tert-OH is 1. The van der Waals surface area contributed by atoms with E-state index >= 15 is 0 Å². The number of rotatable bonds is 5. The first-order valence-electron chi connectivity index (χ1n) is 10.0. The molecule has 0 aliphatic carbocycles. The minimum Gasteiger partial charge on any atom is -0.390 e. The lowest BCUT2D eigenvalue weighted by Gasteiger charge is -2.13. The Morgan fingerprint density at radius 1 is 1.03 bits per heavy atom. The molecular weight excluding hydrogens is 482 g/mol. The quantitative estimate of drug-likeness (QED) is 0.410. The summed E-state index contributed by atoms with van der Waals surface area (Å²) in [7, 11) is 0. The van der Waals surface area contributed by atoms with Crippen molar-refractivity contribution in [1.82, 2.24) is 19.2 Å². The normalized spacial score (nSPS) is 12.4. The minimum atomic E-state index is -4.87. The van der Waals surface area contributed by atoms with Crippen LogP contribution in [0, 0.1) is 0 Å². The number of aryl methyl sites for hydroxylation is 1. The van der Waals surface area contributed by atoms with Crippen molar-refractivity contribution in [2.24, 2.45) is 0 Å². The average molecular weight is 499 g/mol. The Morgan fingerprint density at radius 2 is 1.71 bits per heavy atom. The fourth-order valence-electron chi connectivity index (χ4n) is 3.58. The van der Waals surface area contributed by atoms with E-state index in [1.807, 2.05) is 0 Å². The Bertz CT molecular complexity index is 1440. The second kappa shape index (κ2) is 8.69. The van der Waals surface area contributed by atoms with Crippen molar-refractivity contribution in [1.29, 1.82) is 0 Å². The van der Waals surface area contributed by atoms with Gasteiger partial charge in [0.05, 0.1) is 30.8 Å². The van der Waals surface area contributed by atoms with E-state index in [-0.39, 0.29) is 34.1 Å². The van der Waals surface area contributed by atoms with Gasteiger partial charge in [-0.3, -0.25) is 5.73 Å². The molecule has 0 aliphatic rings. The third kappa shape index (κ3) is 4.82. The number of nitrogens with zero attached hydrogens (tertiary/aromatic N) is 4. The van der Waals surface area contributed by atoms with Gasteiger partial charge in [0.1, 0.15) is 11.4 Å². The summed E-state index contributed by atoms with van der Waals surface area (Å²) < 4.78 is 80.2. The maximum Gasteiger partial charge on any atom is 0.433 e. The first-order chi connectivity index (χ1) is 16.4. The SMILES string of the molecule is Nc1[nH+]c(-c2ccccc2)c(-c2cc(CO)nc(C(F)(F)F)c2)c2nn(CCC(F)(F)F)c(=O)n12. The third-order valence-corrected chi connectivity index (χ3v) is 5.10. The van der Waals surface area contributed by atoms with Crippen LogP contribution < -0.4 is 16.4 Å². The maximum absolute atomic E-state index is 13.5. The first kappa shape index (κ1) is 24.2. The van der Waals surface area contributed by atoms with Crippen LogP contribution in [0.3, 0.4) is 0 Å². The molecule has 0 radical (unpaired) electrons. The minimum absolute atomic E-state index is 0.0455. The van der Waals surface area contributed by atoms with E-state index in [4.69, 9.17) is 5.73 Å². The number of hydrogen-bond donors (Lipinski definition) is 2. The van der Waals surface area contributed by atoms with Crippen LogP contribution in [0.5, 0.6) is 0 Å². The summed E-state index contributed by atoms with van der Waals surface area (Å²) in [6.45, 7) is -1.64. The lowest BCUT2D eigenvalue weighted by molar-refractivity contribution is -0.351. The van der Waals surface area contributed by atoms with E-state index in [0.717, 1.165) is 4.40 Å². The van der Waals surface area contributed by atoms with Crippen LogP contribution in [0.15, 0.2) is 47.3 Å². The smallest absolute Gasteiger partial charge is 0.390 e. The molecule has 0 atom stereocenters. The van der Waals surface area contributed by atoms with Gasteiger partial charge in [-0.25, -0.2) is 14.8 Å². The number of aromatic nitrogens is 5. The van der Waals surface area contributed by atoms with Crippen molar-refractivity contribution in [3.05, 3.63) is 64.3 Å². The highest BCUT2D eigenvalue weighted by molar-refractivity contribution is 5.88. The molecule has 35 heavy (non-hydrogen) atoms. The Labute approximate surface area is 192 Å². The zero-order chi connectivity index (χ0) is 25.5. The Hall–Kier alpha value is -3.94. The first-order valence-corrected chi connectivity index (χ1v) is 10.0. The summed E-state index contributed by atoms with van der Waals surface area (Å²) in [4.78, 5) is 19.0. The second-order valence-electron chi connectivity index (χ2n) is 7.54. The van der Waals surface area contributed by atoms with Crippen LogP contribution in [0.4, 0.5) is 32.3 Å². The number of aliphatic hydroxyl groups is 1. The lowest BCUT2D eigenvalue weighted by Crippen LogP contribution is -2.28. The predicted octanol–water partition coefficient (Wildman–Crippen LogP) is 3.08. The highest BCUT2D eigenvalue weighted by Gasteiger charge is 2.35. The molecule has 0 saturated carbocycles. The highest BCUT2D eigenvalue weighted by Crippen LogP contribution is 2.36. The Balaban J connectivity index is 2.08. The molecule has 0 fully saturated rings. The van der Waals surface area contributed by atoms with Gasteiger partial charge < -0.3 is 5.11 Å². The fourth-order valence-corrected chi connectivity index (χ4v) is 3.58. The standard InChI is InChI=1S/C21H16F6N6O2/c22-20(23,24)6-7-32-19(35)33-17(31-32)15(16(30-18(33)28)11-4-2-1-3-5-11)12-8-13(10-34)29-14(9-12)21(25,26)27/h1-5,8-9,34H,6-7,10H2,(H2,28,30)/p+1. The Morgan fingerprint density at radius 3 is 2.31 bits per heavy atom. The molecule has 14 heteroatoms. The van der Waals surface area contributed by atoms with Gasteiger partial charge in [-0.15, -0.1) is 9.50 Å². The number of aromatic amines is 1. The van der Waals surface area contributed by atoms with Gasteiger partial charge in [-0.1, -0.05) is 30.3 Å². The van der Waals surface area contributed by atoms with Gasteiger partial charge in [0.2, 0.25) is 5.65 Å². The van der Waals surface area contributed by atoms with Gasteiger partial charge in [0.15, 0.2) is 0 Å². The molecule has 1 aromatic carbocycles. The number of halogens is 6. The molecule has 0 saturated heterocycles. The topological polar surface area (TPSA) is 113 Å². The largest absolute Gasteiger partial charge is 0.433 e. The van der Waals surface area contributed by atoms with Crippen molar-refractivity contribution >= 4 is 11.6 Å². The molecule has 0 bridgehead atoms. The number of hydrogen-bond acceptors (Lipinski definition) is 5. The summed E-state index contributed by atoms with van der Waals surface area (Å²) >= 11 is 0. The number of nitrogen functional groups attached to an aromatic ring is 1. The zero-order valence-electron chi connectivity index (χ0n) is 17.7. The number of nitrogens with two attached hydrogens (primary N) is 1. The summed E-state index contributed by atoms with van der Waals surface area (Å²) in [5.41, 5.74) is 3.51. The summed E-state index contributed by atoms with van der Waals surface area (Å²) in [6, 6.07) is 10.1. The number of benzene rings is 1. The average Bonchev–Trinajstić information content (AvgIpc) is 3.13.